The van der Waals surface area contributed by atoms with E-state index in [9.17, 15) is 5.11 Å². The molecule has 0 amide bonds. The van der Waals surface area contributed by atoms with Gasteiger partial charge >= 0.3 is 23.1 Å². The van der Waals surface area contributed by atoms with Crippen molar-refractivity contribution in [3.05, 3.63) is 35.9 Å². The van der Waals surface area contributed by atoms with E-state index in [2.05, 4.69) is 0 Å². The second-order valence-corrected chi connectivity index (χ2v) is 3.47. The van der Waals surface area contributed by atoms with Gasteiger partial charge in [-0.2, -0.15) is 0 Å². The van der Waals surface area contributed by atoms with Crippen LogP contribution in [0.3, 0.4) is 0 Å². The molecule has 0 fully saturated rings. The third-order valence-electron chi connectivity index (χ3n) is 1.48. The minimum absolute atomic E-state index is 0. The van der Waals surface area contributed by atoms with Gasteiger partial charge in [-0.15, -0.1) is 0 Å². The maximum atomic E-state index is 9.47. The third-order valence-corrected chi connectivity index (χ3v) is 1.48. The van der Waals surface area contributed by atoms with Crippen molar-refractivity contribution in [2.24, 2.45) is 0 Å². The summed E-state index contributed by atoms with van der Waals surface area (Å²) in [6.45, 7) is 3.64. The van der Waals surface area contributed by atoms with Crippen LogP contribution in [0.1, 0.15) is 22.3 Å². The molecule has 0 aromatic heterocycles. The van der Waals surface area contributed by atoms with Crippen LogP contribution in [0.15, 0.2) is 30.3 Å². The van der Waals surface area contributed by atoms with Gasteiger partial charge in [0.2, 0.25) is 0 Å². The summed E-state index contributed by atoms with van der Waals surface area (Å²) in [5.74, 6) is 0. The standard InChI is InChI=1S/C10H14O.Mg.2H/c1-10(2,11)8-9-6-4-3-5-7-9;;;/h3-7,11H,8H2,1-2H3;;;/q;+2;2*-1. The molecule has 0 spiro atoms. The van der Waals surface area contributed by atoms with Crippen LogP contribution in [0.2, 0.25) is 0 Å². The molecule has 0 saturated carbocycles. The molecule has 0 heterocycles. The summed E-state index contributed by atoms with van der Waals surface area (Å²) in [6, 6.07) is 10.0. The SMILES string of the molecule is CC(C)(O)Cc1ccccc1.[H-].[H-].[Mg+2]. The monoisotopic (exact) mass is 176 g/mol. The van der Waals surface area contributed by atoms with Crippen LogP contribution in [0, 0.1) is 0 Å². The Bertz CT molecular complexity index is 221. The first-order chi connectivity index (χ1) is 5.08. The molecule has 0 atom stereocenters. The summed E-state index contributed by atoms with van der Waals surface area (Å²) < 4.78 is 0. The maximum absolute atomic E-state index is 9.47. The van der Waals surface area contributed by atoms with E-state index in [1.165, 1.54) is 5.56 Å². The van der Waals surface area contributed by atoms with Crippen molar-refractivity contribution in [1.29, 1.82) is 0 Å². The van der Waals surface area contributed by atoms with E-state index in [4.69, 9.17) is 0 Å². The van der Waals surface area contributed by atoms with Crippen molar-refractivity contribution in [2.45, 2.75) is 25.9 Å². The molecule has 1 aromatic carbocycles. The average molecular weight is 177 g/mol. The Morgan fingerprint density at radius 2 is 1.75 bits per heavy atom. The molecule has 1 nitrogen and oxygen atoms in total. The van der Waals surface area contributed by atoms with E-state index in [1.807, 2.05) is 44.2 Å². The fraction of sp³-hybridized carbons (Fsp3) is 0.400. The maximum Gasteiger partial charge on any atom is 2.00 e. The summed E-state index contributed by atoms with van der Waals surface area (Å²) in [4.78, 5) is 0. The summed E-state index contributed by atoms with van der Waals surface area (Å²) in [7, 11) is 0. The van der Waals surface area contributed by atoms with Crippen molar-refractivity contribution < 1.29 is 7.96 Å². The first kappa shape index (κ1) is 11.9. The number of hydrogen-bond acceptors (Lipinski definition) is 1. The predicted octanol–water partition coefficient (Wildman–Crippen LogP) is 1.84. The van der Waals surface area contributed by atoms with Crippen molar-refractivity contribution in [3.63, 3.8) is 0 Å². The molecule has 1 aromatic rings. The number of aliphatic hydroxyl groups is 1. The van der Waals surface area contributed by atoms with Crippen molar-refractivity contribution in [2.75, 3.05) is 0 Å². The van der Waals surface area contributed by atoms with Crippen LogP contribution in [0.5, 0.6) is 0 Å². The summed E-state index contributed by atoms with van der Waals surface area (Å²) >= 11 is 0. The van der Waals surface area contributed by atoms with Crippen LogP contribution in [-0.2, 0) is 6.42 Å². The van der Waals surface area contributed by atoms with Gasteiger partial charge in [-0.05, 0) is 19.4 Å². The molecule has 1 rings (SSSR count). The molecule has 2 heteroatoms. The Morgan fingerprint density at radius 3 is 2.17 bits per heavy atom. The largest absolute Gasteiger partial charge is 2.00 e. The molecule has 0 unspecified atom stereocenters. The molecule has 0 saturated heterocycles. The number of benzene rings is 1. The molecule has 0 radical (unpaired) electrons. The third kappa shape index (κ3) is 4.75. The Morgan fingerprint density at radius 1 is 1.25 bits per heavy atom. The van der Waals surface area contributed by atoms with Crippen molar-refractivity contribution in [1.82, 2.24) is 0 Å². The van der Waals surface area contributed by atoms with Gasteiger partial charge in [0.1, 0.15) is 0 Å². The van der Waals surface area contributed by atoms with Crippen LogP contribution < -0.4 is 0 Å². The molecular formula is C10H16MgO. The molecule has 1 N–H and O–H groups in total. The van der Waals surface area contributed by atoms with E-state index >= 15 is 0 Å². The Hall–Kier alpha value is -0.0538. The van der Waals surface area contributed by atoms with E-state index in [0.29, 0.717) is 6.42 Å². The molecule has 0 aliphatic carbocycles. The quantitative estimate of drug-likeness (QED) is 0.682. The Kier molecular flexibility index (Phi) is 4.83. The first-order valence-electron chi connectivity index (χ1n) is 3.84. The fourth-order valence-corrected chi connectivity index (χ4v) is 1.10. The summed E-state index contributed by atoms with van der Waals surface area (Å²) in [5.41, 5.74) is 0.585. The van der Waals surface area contributed by atoms with Crippen LogP contribution in [0.25, 0.3) is 0 Å². The first-order valence-corrected chi connectivity index (χ1v) is 3.84. The minimum atomic E-state index is -0.596. The summed E-state index contributed by atoms with van der Waals surface area (Å²) in [6.07, 6.45) is 0.716. The Labute approximate surface area is 92.9 Å². The van der Waals surface area contributed by atoms with Gasteiger partial charge in [-0.1, -0.05) is 30.3 Å². The van der Waals surface area contributed by atoms with Crippen molar-refractivity contribution in [3.8, 4) is 0 Å². The van der Waals surface area contributed by atoms with Gasteiger partial charge in [0.25, 0.3) is 0 Å². The number of rotatable bonds is 2. The van der Waals surface area contributed by atoms with Gasteiger partial charge in [0.15, 0.2) is 0 Å². The molecule has 0 bridgehead atoms. The van der Waals surface area contributed by atoms with E-state index in [-0.39, 0.29) is 25.9 Å². The zero-order valence-corrected chi connectivity index (χ0v) is 9.16. The zero-order valence-electron chi connectivity index (χ0n) is 9.75. The number of hydrogen-bond donors (Lipinski definition) is 1. The van der Waals surface area contributed by atoms with Gasteiger partial charge in [-0.3, -0.25) is 0 Å². The van der Waals surface area contributed by atoms with Crippen LogP contribution >= 0.6 is 0 Å². The topological polar surface area (TPSA) is 20.2 Å². The second-order valence-electron chi connectivity index (χ2n) is 3.47. The van der Waals surface area contributed by atoms with E-state index in [0.717, 1.165) is 0 Å². The molecule has 12 heavy (non-hydrogen) atoms. The smallest absolute Gasteiger partial charge is 1.00 e. The van der Waals surface area contributed by atoms with Gasteiger partial charge in [0, 0.05) is 6.42 Å². The van der Waals surface area contributed by atoms with Crippen LogP contribution in [0.4, 0.5) is 0 Å². The molecular weight excluding hydrogens is 160 g/mol. The second kappa shape index (κ2) is 4.85. The molecule has 0 aliphatic heterocycles. The zero-order chi connectivity index (χ0) is 8.32. The van der Waals surface area contributed by atoms with Crippen LogP contribution in [-0.4, -0.2) is 33.8 Å². The molecule has 64 valence electrons. The molecule has 0 aliphatic rings. The Balaban J connectivity index is -0.000000403. The van der Waals surface area contributed by atoms with E-state index in [1.54, 1.807) is 0 Å². The van der Waals surface area contributed by atoms with Crippen molar-refractivity contribution >= 4 is 23.1 Å². The van der Waals surface area contributed by atoms with E-state index < -0.39 is 5.60 Å². The predicted molar refractivity (Wildman–Crippen MR) is 54.4 cm³/mol. The average Bonchev–Trinajstić information content (AvgIpc) is 1.85. The van der Waals surface area contributed by atoms with Gasteiger partial charge in [-0.25, -0.2) is 0 Å². The van der Waals surface area contributed by atoms with Gasteiger partial charge in [0.05, 0.1) is 5.60 Å². The summed E-state index contributed by atoms with van der Waals surface area (Å²) in [5, 5.41) is 9.47. The normalized spacial score (nSPS) is 10.6. The minimum Gasteiger partial charge on any atom is -1.00 e. The fourth-order valence-electron chi connectivity index (χ4n) is 1.10. The van der Waals surface area contributed by atoms with Gasteiger partial charge < -0.3 is 7.96 Å².